The molecule has 7 heteroatoms. The Balaban J connectivity index is 2.56. The Morgan fingerprint density at radius 3 is 2.24 bits per heavy atom. The molecule has 0 aliphatic rings. The highest BCUT2D eigenvalue weighted by atomic mass is 16.5. The number of esters is 1. The van der Waals surface area contributed by atoms with Gasteiger partial charge in [0.2, 0.25) is 11.8 Å². The van der Waals surface area contributed by atoms with Crippen molar-refractivity contribution in [3.05, 3.63) is 29.8 Å². The molecule has 0 saturated heterocycles. The molecule has 2 amide bonds. The lowest BCUT2D eigenvalue weighted by Gasteiger charge is -2.21. The summed E-state index contributed by atoms with van der Waals surface area (Å²) in [5.41, 5.74) is 0.990. The van der Waals surface area contributed by atoms with Crippen LogP contribution in [-0.2, 0) is 14.3 Å². The normalized spacial score (nSPS) is 10.4. The fraction of sp³-hybridized carbons (Fsp3) is 0.500. The van der Waals surface area contributed by atoms with Gasteiger partial charge in [-0.2, -0.15) is 0 Å². The number of hydrogen-bond acceptors (Lipinski definition) is 5. The van der Waals surface area contributed by atoms with E-state index in [1.165, 1.54) is 11.8 Å². The van der Waals surface area contributed by atoms with Crippen LogP contribution in [0.2, 0.25) is 0 Å². The highest BCUT2D eigenvalue weighted by Crippen LogP contribution is 2.11. The summed E-state index contributed by atoms with van der Waals surface area (Å²) >= 11 is 0. The Kier molecular flexibility index (Phi) is 8.63. The highest BCUT2D eigenvalue weighted by molar-refractivity contribution is 5.95. The van der Waals surface area contributed by atoms with E-state index >= 15 is 0 Å². The van der Waals surface area contributed by atoms with Gasteiger partial charge >= 0.3 is 5.97 Å². The zero-order valence-corrected chi connectivity index (χ0v) is 15.4. The van der Waals surface area contributed by atoms with E-state index in [1.807, 2.05) is 19.0 Å². The van der Waals surface area contributed by atoms with Crippen molar-refractivity contribution in [2.24, 2.45) is 0 Å². The van der Waals surface area contributed by atoms with Crippen molar-refractivity contribution in [3.8, 4) is 0 Å². The lowest BCUT2D eigenvalue weighted by atomic mass is 10.2. The summed E-state index contributed by atoms with van der Waals surface area (Å²) in [4.78, 5) is 38.9. The molecule has 1 aromatic carbocycles. The van der Waals surface area contributed by atoms with Gasteiger partial charge in [0.05, 0.1) is 18.7 Å². The summed E-state index contributed by atoms with van der Waals surface area (Å²) in [5, 5.41) is 2.73. The smallest absolute Gasteiger partial charge is 0.338 e. The quantitative estimate of drug-likeness (QED) is 0.685. The van der Waals surface area contributed by atoms with Gasteiger partial charge in [0, 0.05) is 19.2 Å². The molecule has 1 rings (SSSR count). The van der Waals surface area contributed by atoms with Gasteiger partial charge in [-0.15, -0.1) is 0 Å². The predicted molar refractivity (Wildman–Crippen MR) is 96.5 cm³/mol. The summed E-state index contributed by atoms with van der Waals surface area (Å²) in [7, 11) is 3.93. The number of rotatable bonds is 9. The number of nitrogens with one attached hydrogen (secondary N) is 1. The molecular weight excluding hydrogens is 322 g/mol. The molecule has 1 aromatic rings. The van der Waals surface area contributed by atoms with Crippen LogP contribution < -0.4 is 5.32 Å². The average Bonchev–Trinajstić information content (AvgIpc) is 2.54. The number of hydrogen-bond donors (Lipinski definition) is 1. The largest absolute Gasteiger partial charge is 0.462 e. The minimum Gasteiger partial charge on any atom is -0.462 e. The van der Waals surface area contributed by atoms with Crippen LogP contribution in [0.25, 0.3) is 0 Å². The van der Waals surface area contributed by atoms with Gasteiger partial charge in [-0.25, -0.2) is 4.79 Å². The first-order valence-corrected chi connectivity index (χ1v) is 8.30. The molecule has 0 fully saturated rings. The molecule has 0 aromatic heterocycles. The molecule has 0 radical (unpaired) electrons. The number of carbonyl (C=O) groups excluding carboxylic acids is 3. The first-order valence-electron chi connectivity index (χ1n) is 8.30. The van der Waals surface area contributed by atoms with Crippen LogP contribution in [0.15, 0.2) is 24.3 Å². The highest BCUT2D eigenvalue weighted by Gasteiger charge is 2.14. The average molecular weight is 349 g/mol. The van der Waals surface area contributed by atoms with E-state index in [0.29, 0.717) is 24.4 Å². The SMILES string of the molecule is CCOC(=O)c1ccc(NC(=O)CN(CCCN(C)C)C(C)=O)cc1. The number of benzene rings is 1. The second-order valence-electron chi connectivity index (χ2n) is 5.94. The van der Waals surface area contributed by atoms with Crippen molar-refractivity contribution < 1.29 is 19.1 Å². The first kappa shape index (κ1) is 20.6. The van der Waals surface area contributed by atoms with Crippen LogP contribution in [-0.4, -0.2) is 67.9 Å². The molecule has 138 valence electrons. The summed E-state index contributed by atoms with van der Waals surface area (Å²) in [6.45, 7) is 4.89. The maximum absolute atomic E-state index is 12.1. The fourth-order valence-electron chi connectivity index (χ4n) is 2.20. The van der Waals surface area contributed by atoms with Crippen molar-refractivity contribution in [2.75, 3.05) is 45.7 Å². The zero-order chi connectivity index (χ0) is 18.8. The number of amides is 2. The summed E-state index contributed by atoms with van der Waals surface area (Å²) < 4.78 is 4.91. The van der Waals surface area contributed by atoms with Gasteiger partial charge in [0.25, 0.3) is 0 Å². The lowest BCUT2D eigenvalue weighted by Crippen LogP contribution is -2.38. The van der Waals surface area contributed by atoms with Gasteiger partial charge in [-0.05, 0) is 58.3 Å². The maximum atomic E-state index is 12.1. The van der Waals surface area contributed by atoms with Crippen molar-refractivity contribution in [2.45, 2.75) is 20.3 Å². The van der Waals surface area contributed by atoms with Crippen molar-refractivity contribution >= 4 is 23.5 Å². The van der Waals surface area contributed by atoms with Gasteiger partial charge in [-0.1, -0.05) is 0 Å². The van der Waals surface area contributed by atoms with Crippen molar-refractivity contribution in [3.63, 3.8) is 0 Å². The maximum Gasteiger partial charge on any atom is 0.338 e. The van der Waals surface area contributed by atoms with E-state index in [0.717, 1.165) is 13.0 Å². The molecule has 0 unspecified atom stereocenters. The van der Waals surface area contributed by atoms with E-state index in [-0.39, 0.29) is 18.4 Å². The van der Waals surface area contributed by atoms with E-state index in [1.54, 1.807) is 31.2 Å². The van der Waals surface area contributed by atoms with Crippen LogP contribution in [0.3, 0.4) is 0 Å². The standard InChI is InChI=1S/C18H27N3O4/c1-5-25-18(24)15-7-9-16(10-8-15)19-17(23)13-21(14(2)22)12-6-11-20(3)4/h7-10H,5-6,11-13H2,1-4H3,(H,19,23). The summed E-state index contributed by atoms with van der Waals surface area (Å²) in [5.74, 6) is -0.806. The first-order chi connectivity index (χ1) is 11.8. The minimum absolute atomic E-state index is 0.00237. The molecular formula is C18H27N3O4. The van der Waals surface area contributed by atoms with Crippen LogP contribution >= 0.6 is 0 Å². The third-order valence-corrected chi connectivity index (χ3v) is 3.49. The van der Waals surface area contributed by atoms with Crippen LogP contribution in [0.1, 0.15) is 30.6 Å². The van der Waals surface area contributed by atoms with Gasteiger partial charge in [0.1, 0.15) is 0 Å². The molecule has 0 aliphatic carbocycles. The van der Waals surface area contributed by atoms with Crippen molar-refractivity contribution in [1.82, 2.24) is 9.80 Å². The Hall–Kier alpha value is -2.41. The number of nitrogens with zero attached hydrogens (tertiary/aromatic N) is 2. The third-order valence-electron chi connectivity index (χ3n) is 3.49. The lowest BCUT2D eigenvalue weighted by molar-refractivity contribution is -0.132. The Labute approximate surface area is 148 Å². The molecule has 0 atom stereocenters. The number of ether oxygens (including phenoxy) is 1. The minimum atomic E-state index is -0.399. The molecule has 0 aliphatic heterocycles. The van der Waals surface area contributed by atoms with E-state index < -0.39 is 5.97 Å². The molecule has 1 N–H and O–H groups in total. The zero-order valence-electron chi connectivity index (χ0n) is 15.4. The van der Waals surface area contributed by atoms with Crippen LogP contribution in [0.4, 0.5) is 5.69 Å². The number of carbonyl (C=O) groups is 3. The summed E-state index contributed by atoms with van der Waals surface area (Å²) in [6.07, 6.45) is 0.800. The molecule has 25 heavy (non-hydrogen) atoms. The monoisotopic (exact) mass is 349 g/mol. The Morgan fingerprint density at radius 2 is 1.72 bits per heavy atom. The van der Waals surface area contributed by atoms with Crippen LogP contribution in [0.5, 0.6) is 0 Å². The van der Waals surface area contributed by atoms with Crippen molar-refractivity contribution in [1.29, 1.82) is 0 Å². The Morgan fingerprint density at radius 1 is 1.08 bits per heavy atom. The van der Waals surface area contributed by atoms with E-state index in [2.05, 4.69) is 5.32 Å². The molecule has 7 nitrogen and oxygen atoms in total. The predicted octanol–water partition coefficient (Wildman–Crippen LogP) is 1.60. The van der Waals surface area contributed by atoms with Gasteiger partial charge in [0.15, 0.2) is 0 Å². The number of anilines is 1. The summed E-state index contributed by atoms with van der Waals surface area (Å²) in [6, 6.07) is 6.45. The molecule has 0 bridgehead atoms. The third kappa shape index (κ3) is 7.80. The molecule has 0 saturated carbocycles. The van der Waals surface area contributed by atoms with E-state index in [4.69, 9.17) is 4.74 Å². The van der Waals surface area contributed by atoms with Crippen LogP contribution in [0, 0.1) is 0 Å². The second-order valence-corrected chi connectivity index (χ2v) is 5.94. The van der Waals surface area contributed by atoms with Gasteiger partial charge in [-0.3, -0.25) is 9.59 Å². The Bertz CT molecular complexity index is 584. The molecule has 0 spiro atoms. The second kappa shape index (κ2) is 10.5. The molecule has 0 heterocycles. The topological polar surface area (TPSA) is 79.0 Å². The van der Waals surface area contributed by atoms with Gasteiger partial charge < -0.3 is 19.9 Å². The fourth-order valence-corrected chi connectivity index (χ4v) is 2.20. The van der Waals surface area contributed by atoms with E-state index in [9.17, 15) is 14.4 Å².